The first kappa shape index (κ1) is 15.6. The van der Waals surface area contributed by atoms with Crippen molar-refractivity contribution in [1.29, 1.82) is 0 Å². The summed E-state index contributed by atoms with van der Waals surface area (Å²) in [6, 6.07) is 18.4. The lowest BCUT2D eigenvalue weighted by atomic mass is 10.2. The van der Waals surface area contributed by atoms with E-state index in [0.717, 1.165) is 11.4 Å². The second kappa shape index (κ2) is 6.87. The van der Waals surface area contributed by atoms with Gasteiger partial charge in [-0.2, -0.15) is 15.3 Å². The summed E-state index contributed by atoms with van der Waals surface area (Å²) in [5.41, 5.74) is 3.51. The molecule has 0 aliphatic carbocycles. The summed E-state index contributed by atoms with van der Waals surface area (Å²) in [7, 11) is 1.80. The van der Waals surface area contributed by atoms with Gasteiger partial charge in [-0.05, 0) is 49.4 Å². The minimum atomic E-state index is -0.239. The van der Waals surface area contributed by atoms with Crippen LogP contribution in [0.25, 0.3) is 0 Å². The smallest absolute Gasteiger partial charge is 0.276 e. The van der Waals surface area contributed by atoms with Gasteiger partial charge in [-0.3, -0.25) is 9.48 Å². The molecule has 1 aromatic heterocycles. The van der Waals surface area contributed by atoms with E-state index in [1.54, 1.807) is 42.1 Å². The molecule has 120 valence electrons. The Morgan fingerprint density at radius 1 is 1.00 bits per heavy atom. The van der Waals surface area contributed by atoms with Gasteiger partial charge < -0.3 is 5.32 Å². The summed E-state index contributed by atoms with van der Waals surface area (Å²) in [6.07, 6.45) is 0. The summed E-state index contributed by atoms with van der Waals surface area (Å²) in [5.74, 6) is -0.239. The van der Waals surface area contributed by atoms with Crippen molar-refractivity contribution in [3.05, 3.63) is 72.1 Å². The minimum Gasteiger partial charge on any atom is -0.321 e. The first-order valence-electron chi connectivity index (χ1n) is 7.51. The molecule has 3 rings (SSSR count). The standard InChI is InChI=1S/C18H17N5O/c1-13-12-17(22-23(13)2)18(24)19-14-8-10-16(11-9-14)21-20-15-6-4-3-5-7-15/h3-12H,1-2H3,(H,19,24). The van der Waals surface area contributed by atoms with E-state index in [1.807, 2.05) is 37.3 Å². The van der Waals surface area contributed by atoms with E-state index in [1.165, 1.54) is 0 Å². The fraction of sp³-hybridized carbons (Fsp3) is 0.111. The van der Waals surface area contributed by atoms with E-state index in [4.69, 9.17) is 0 Å². The van der Waals surface area contributed by atoms with E-state index >= 15 is 0 Å². The van der Waals surface area contributed by atoms with Gasteiger partial charge in [0.25, 0.3) is 5.91 Å². The van der Waals surface area contributed by atoms with Gasteiger partial charge in [0, 0.05) is 18.4 Å². The molecule has 0 saturated carbocycles. The second-order valence-electron chi connectivity index (χ2n) is 5.33. The molecule has 0 atom stereocenters. The lowest BCUT2D eigenvalue weighted by Crippen LogP contribution is -2.12. The van der Waals surface area contributed by atoms with E-state index in [-0.39, 0.29) is 5.91 Å². The Labute approximate surface area is 139 Å². The van der Waals surface area contributed by atoms with E-state index in [0.29, 0.717) is 17.1 Å². The molecular formula is C18H17N5O. The Hall–Kier alpha value is -3.28. The zero-order valence-corrected chi connectivity index (χ0v) is 13.5. The Morgan fingerprint density at radius 3 is 2.21 bits per heavy atom. The van der Waals surface area contributed by atoms with Crippen molar-refractivity contribution in [2.24, 2.45) is 17.3 Å². The molecule has 0 saturated heterocycles. The number of carbonyl (C=O) groups excluding carboxylic acids is 1. The van der Waals surface area contributed by atoms with Crippen LogP contribution in [0.3, 0.4) is 0 Å². The summed E-state index contributed by atoms with van der Waals surface area (Å²) in [5, 5.41) is 15.3. The van der Waals surface area contributed by atoms with Gasteiger partial charge in [0.1, 0.15) is 0 Å². The molecule has 0 bridgehead atoms. The first-order valence-corrected chi connectivity index (χ1v) is 7.51. The van der Waals surface area contributed by atoms with Gasteiger partial charge in [-0.15, -0.1) is 0 Å². The predicted molar refractivity (Wildman–Crippen MR) is 93.0 cm³/mol. The highest BCUT2D eigenvalue weighted by molar-refractivity contribution is 6.02. The third kappa shape index (κ3) is 3.73. The number of anilines is 1. The van der Waals surface area contributed by atoms with Gasteiger partial charge in [0.15, 0.2) is 5.69 Å². The van der Waals surface area contributed by atoms with Crippen molar-refractivity contribution in [3.63, 3.8) is 0 Å². The van der Waals surface area contributed by atoms with Gasteiger partial charge >= 0.3 is 0 Å². The molecule has 0 spiro atoms. The fourth-order valence-corrected chi connectivity index (χ4v) is 2.09. The van der Waals surface area contributed by atoms with Crippen molar-refractivity contribution in [2.45, 2.75) is 6.92 Å². The molecule has 0 fully saturated rings. The van der Waals surface area contributed by atoms with Crippen molar-refractivity contribution in [2.75, 3.05) is 5.32 Å². The van der Waals surface area contributed by atoms with Crippen LogP contribution < -0.4 is 5.32 Å². The number of amides is 1. The Morgan fingerprint density at radius 2 is 1.62 bits per heavy atom. The maximum absolute atomic E-state index is 12.1. The number of hydrogen-bond acceptors (Lipinski definition) is 4. The number of nitrogens with zero attached hydrogens (tertiary/aromatic N) is 4. The summed E-state index contributed by atoms with van der Waals surface area (Å²) in [6.45, 7) is 1.90. The molecule has 1 N–H and O–H groups in total. The lowest BCUT2D eigenvalue weighted by molar-refractivity contribution is 0.102. The van der Waals surface area contributed by atoms with Gasteiger partial charge in [-0.25, -0.2) is 0 Å². The molecule has 0 radical (unpaired) electrons. The fourth-order valence-electron chi connectivity index (χ4n) is 2.09. The number of carbonyl (C=O) groups is 1. The molecule has 3 aromatic rings. The number of benzene rings is 2. The molecular weight excluding hydrogens is 302 g/mol. The van der Waals surface area contributed by atoms with Crippen LogP contribution in [0.5, 0.6) is 0 Å². The Kier molecular flexibility index (Phi) is 4.47. The Balaban J connectivity index is 1.66. The highest BCUT2D eigenvalue weighted by Gasteiger charge is 2.11. The molecule has 0 unspecified atom stereocenters. The summed E-state index contributed by atoms with van der Waals surface area (Å²) >= 11 is 0. The molecule has 6 nitrogen and oxygen atoms in total. The zero-order chi connectivity index (χ0) is 16.9. The van der Waals surface area contributed by atoms with Crippen molar-refractivity contribution in [3.8, 4) is 0 Å². The van der Waals surface area contributed by atoms with Crippen LogP contribution in [-0.2, 0) is 7.05 Å². The van der Waals surface area contributed by atoms with Crippen LogP contribution in [0.1, 0.15) is 16.2 Å². The maximum Gasteiger partial charge on any atom is 0.276 e. The molecule has 2 aromatic carbocycles. The highest BCUT2D eigenvalue weighted by Crippen LogP contribution is 2.20. The quantitative estimate of drug-likeness (QED) is 0.724. The third-order valence-corrected chi connectivity index (χ3v) is 3.51. The maximum atomic E-state index is 12.1. The first-order chi connectivity index (χ1) is 11.6. The normalized spacial score (nSPS) is 10.9. The van der Waals surface area contributed by atoms with Gasteiger partial charge in [0.2, 0.25) is 0 Å². The Bertz CT molecular complexity index is 847. The zero-order valence-electron chi connectivity index (χ0n) is 13.5. The topological polar surface area (TPSA) is 71.6 Å². The molecule has 1 heterocycles. The average molecular weight is 319 g/mol. The van der Waals surface area contributed by atoms with E-state index in [9.17, 15) is 4.79 Å². The van der Waals surface area contributed by atoms with Crippen molar-refractivity contribution >= 4 is 23.0 Å². The number of aromatic nitrogens is 2. The van der Waals surface area contributed by atoms with E-state index in [2.05, 4.69) is 20.6 Å². The monoisotopic (exact) mass is 319 g/mol. The largest absolute Gasteiger partial charge is 0.321 e. The summed E-state index contributed by atoms with van der Waals surface area (Å²) < 4.78 is 1.67. The molecule has 24 heavy (non-hydrogen) atoms. The number of hydrogen-bond donors (Lipinski definition) is 1. The number of aryl methyl sites for hydroxylation is 2. The number of azo groups is 1. The molecule has 0 aliphatic rings. The molecule has 6 heteroatoms. The second-order valence-corrected chi connectivity index (χ2v) is 5.33. The van der Waals surface area contributed by atoms with Crippen LogP contribution >= 0.6 is 0 Å². The SMILES string of the molecule is Cc1cc(C(=O)Nc2ccc(N=Nc3ccccc3)cc2)nn1C. The molecule has 1 amide bonds. The van der Waals surface area contributed by atoms with Crippen molar-refractivity contribution in [1.82, 2.24) is 9.78 Å². The lowest BCUT2D eigenvalue weighted by Gasteiger charge is -2.03. The van der Waals surface area contributed by atoms with Crippen LogP contribution in [0.15, 0.2) is 70.9 Å². The van der Waals surface area contributed by atoms with Crippen LogP contribution in [0.4, 0.5) is 17.1 Å². The highest BCUT2D eigenvalue weighted by atomic mass is 16.1. The van der Waals surface area contributed by atoms with Crippen LogP contribution in [-0.4, -0.2) is 15.7 Å². The predicted octanol–water partition coefficient (Wildman–Crippen LogP) is 4.40. The van der Waals surface area contributed by atoms with Gasteiger partial charge in [-0.1, -0.05) is 18.2 Å². The van der Waals surface area contributed by atoms with Crippen molar-refractivity contribution < 1.29 is 4.79 Å². The van der Waals surface area contributed by atoms with E-state index < -0.39 is 0 Å². The summed E-state index contributed by atoms with van der Waals surface area (Å²) in [4.78, 5) is 12.1. The average Bonchev–Trinajstić information content (AvgIpc) is 2.94. The van der Waals surface area contributed by atoms with Crippen LogP contribution in [0.2, 0.25) is 0 Å². The third-order valence-electron chi connectivity index (χ3n) is 3.51. The molecule has 0 aliphatic heterocycles. The number of rotatable bonds is 4. The van der Waals surface area contributed by atoms with Crippen LogP contribution in [0, 0.1) is 6.92 Å². The number of nitrogens with one attached hydrogen (secondary N) is 1. The van der Waals surface area contributed by atoms with Gasteiger partial charge in [0.05, 0.1) is 11.4 Å². The minimum absolute atomic E-state index is 0.239.